The Morgan fingerprint density at radius 2 is 1.53 bits per heavy atom. The van der Waals surface area contributed by atoms with E-state index in [1.807, 2.05) is 19.1 Å². The molecule has 2 aliphatic rings. The van der Waals surface area contributed by atoms with Crippen LogP contribution in [0, 0.1) is 0 Å². The summed E-state index contributed by atoms with van der Waals surface area (Å²) in [7, 11) is 0. The van der Waals surface area contributed by atoms with Crippen molar-refractivity contribution in [3.63, 3.8) is 0 Å². The molecule has 1 heterocycles. The fraction of sp³-hybridized carbons (Fsp3) is 0.348. The summed E-state index contributed by atoms with van der Waals surface area (Å²) >= 11 is 0. The van der Waals surface area contributed by atoms with Crippen molar-refractivity contribution in [2.45, 2.75) is 19.9 Å². The first kappa shape index (κ1) is 20.3. The molecule has 1 amide bonds. The molecule has 0 spiro atoms. The summed E-state index contributed by atoms with van der Waals surface area (Å²) in [5.41, 5.74) is 8.41. The average Bonchev–Trinajstić information content (AvgIpc) is 2.78. The van der Waals surface area contributed by atoms with Gasteiger partial charge in [-0.15, -0.1) is 0 Å². The molecule has 156 valence electrons. The molecule has 1 aliphatic carbocycles. The summed E-state index contributed by atoms with van der Waals surface area (Å²) in [5, 5.41) is 4.28. The first-order valence-corrected chi connectivity index (χ1v) is 10.3. The van der Waals surface area contributed by atoms with Gasteiger partial charge in [-0.3, -0.25) is 14.4 Å². The lowest BCUT2D eigenvalue weighted by Gasteiger charge is -2.42. The number of piperazine rings is 1. The maximum Gasteiger partial charge on any atom is 0.239 e. The van der Waals surface area contributed by atoms with Gasteiger partial charge in [-0.25, -0.2) is 5.01 Å². The van der Waals surface area contributed by atoms with Gasteiger partial charge < -0.3 is 15.6 Å². The van der Waals surface area contributed by atoms with Gasteiger partial charge in [-0.2, -0.15) is 0 Å². The predicted octanol–water partition coefficient (Wildman–Crippen LogP) is 1.69. The van der Waals surface area contributed by atoms with E-state index < -0.39 is 6.04 Å². The molecule has 1 fully saturated rings. The van der Waals surface area contributed by atoms with Crippen LogP contribution < -0.4 is 10.7 Å². The van der Waals surface area contributed by atoms with Crippen molar-refractivity contribution in [3.8, 4) is 0 Å². The van der Waals surface area contributed by atoms with E-state index in [-0.39, 0.29) is 17.5 Å². The molecule has 0 radical (unpaired) electrons. The summed E-state index contributed by atoms with van der Waals surface area (Å²) in [6.07, 6.45) is 0. The van der Waals surface area contributed by atoms with Gasteiger partial charge in [-0.1, -0.05) is 24.3 Å². The zero-order valence-corrected chi connectivity index (χ0v) is 17.3. The number of carbonyl (C=O) groups excluding carboxylic acids is 3. The second-order valence-electron chi connectivity index (χ2n) is 7.72. The third kappa shape index (κ3) is 3.40. The topological polar surface area (TPSA) is 87.0 Å². The van der Waals surface area contributed by atoms with E-state index in [9.17, 15) is 14.4 Å². The third-order valence-corrected chi connectivity index (χ3v) is 5.80. The van der Waals surface area contributed by atoms with E-state index in [4.69, 9.17) is 5.73 Å². The van der Waals surface area contributed by atoms with Gasteiger partial charge in [0.2, 0.25) is 5.91 Å². The number of ketones is 2. The van der Waals surface area contributed by atoms with Crippen LogP contribution in [0.2, 0.25) is 0 Å². The van der Waals surface area contributed by atoms with Crippen LogP contribution in [0.1, 0.15) is 45.7 Å². The molecular weight excluding hydrogens is 380 g/mol. The highest BCUT2D eigenvalue weighted by Gasteiger charge is 2.31. The molecule has 1 saturated heterocycles. The van der Waals surface area contributed by atoms with Crippen LogP contribution in [0.5, 0.6) is 0 Å². The quantitative estimate of drug-likeness (QED) is 0.710. The van der Waals surface area contributed by atoms with Crippen molar-refractivity contribution >= 4 is 23.2 Å². The molecule has 4 rings (SSSR count). The largest absolute Gasteiger partial charge is 0.339 e. The monoisotopic (exact) mass is 406 g/mol. The maximum absolute atomic E-state index is 13.0. The van der Waals surface area contributed by atoms with Crippen molar-refractivity contribution in [1.82, 2.24) is 9.91 Å². The van der Waals surface area contributed by atoms with Crippen LogP contribution in [0.25, 0.3) is 0 Å². The standard InChI is InChI=1S/C23H26N4O3/c1-3-27(26-12-10-25(11-13-26)23(30)15(2)24)16-8-9-19-20(14-16)22(29)18-7-5-4-6-17(18)21(19)28/h4-9,14-15H,3,10-13,24H2,1-2H3. The molecule has 2 aromatic carbocycles. The molecule has 2 aromatic rings. The number of amides is 1. The minimum atomic E-state index is -0.495. The number of hydrogen-bond acceptors (Lipinski definition) is 6. The van der Waals surface area contributed by atoms with Gasteiger partial charge in [0.25, 0.3) is 0 Å². The molecule has 1 aliphatic heterocycles. The Kier molecular flexibility index (Phi) is 5.40. The zero-order chi connectivity index (χ0) is 21.4. The number of nitrogens with two attached hydrogens (primary N) is 1. The lowest BCUT2D eigenvalue weighted by Crippen LogP contribution is -2.57. The Bertz CT molecular complexity index is 1010. The number of anilines is 1. The van der Waals surface area contributed by atoms with E-state index in [1.54, 1.807) is 42.2 Å². The van der Waals surface area contributed by atoms with Gasteiger partial charge in [0.1, 0.15) is 0 Å². The van der Waals surface area contributed by atoms with Crippen molar-refractivity contribution in [1.29, 1.82) is 0 Å². The van der Waals surface area contributed by atoms with E-state index in [2.05, 4.69) is 10.0 Å². The Hall–Kier alpha value is -3.03. The Morgan fingerprint density at radius 1 is 0.967 bits per heavy atom. The normalized spacial score (nSPS) is 17.4. The Balaban J connectivity index is 1.58. The van der Waals surface area contributed by atoms with Gasteiger partial charge in [-0.05, 0) is 32.0 Å². The number of nitrogens with zero attached hydrogens (tertiary/aromatic N) is 3. The molecule has 2 N–H and O–H groups in total. The number of hydrogen-bond donors (Lipinski definition) is 1. The van der Waals surface area contributed by atoms with Gasteiger partial charge in [0.15, 0.2) is 11.6 Å². The lowest BCUT2D eigenvalue weighted by atomic mass is 9.84. The smallest absolute Gasteiger partial charge is 0.239 e. The molecule has 1 atom stereocenters. The highest BCUT2D eigenvalue weighted by molar-refractivity contribution is 6.28. The lowest BCUT2D eigenvalue weighted by molar-refractivity contribution is -0.134. The molecular formula is C23H26N4O3. The van der Waals surface area contributed by atoms with Crippen LogP contribution in [-0.2, 0) is 4.79 Å². The van der Waals surface area contributed by atoms with Crippen molar-refractivity contribution < 1.29 is 14.4 Å². The molecule has 0 aromatic heterocycles. The summed E-state index contributed by atoms with van der Waals surface area (Å²) < 4.78 is 0. The first-order chi connectivity index (χ1) is 14.4. The first-order valence-electron chi connectivity index (χ1n) is 10.3. The van der Waals surface area contributed by atoms with Crippen molar-refractivity contribution in [2.24, 2.45) is 5.73 Å². The van der Waals surface area contributed by atoms with E-state index >= 15 is 0 Å². The molecule has 0 saturated carbocycles. The van der Waals surface area contributed by atoms with Crippen LogP contribution in [0.15, 0.2) is 42.5 Å². The van der Waals surface area contributed by atoms with Crippen LogP contribution in [-0.4, -0.2) is 66.1 Å². The average molecular weight is 406 g/mol. The third-order valence-electron chi connectivity index (χ3n) is 5.80. The van der Waals surface area contributed by atoms with Gasteiger partial charge in [0, 0.05) is 55.0 Å². The number of carbonyl (C=O) groups is 3. The van der Waals surface area contributed by atoms with E-state index in [0.717, 1.165) is 5.69 Å². The van der Waals surface area contributed by atoms with Crippen LogP contribution >= 0.6 is 0 Å². The molecule has 0 bridgehead atoms. The summed E-state index contributed by atoms with van der Waals surface area (Å²) in [6.45, 7) is 7.02. The number of fused-ring (bicyclic) bond motifs is 2. The van der Waals surface area contributed by atoms with Crippen molar-refractivity contribution in [3.05, 3.63) is 64.7 Å². The second-order valence-corrected chi connectivity index (χ2v) is 7.72. The molecule has 1 unspecified atom stereocenters. The SMILES string of the molecule is CCN(c1ccc2c(c1)C(=O)c1ccccc1C2=O)N1CCN(C(=O)C(C)N)CC1. The fourth-order valence-corrected chi connectivity index (χ4v) is 4.24. The minimum Gasteiger partial charge on any atom is -0.339 e. The Morgan fingerprint density at radius 3 is 2.10 bits per heavy atom. The zero-order valence-electron chi connectivity index (χ0n) is 17.3. The summed E-state index contributed by atoms with van der Waals surface area (Å²) in [6, 6.07) is 11.9. The van der Waals surface area contributed by atoms with E-state index in [1.165, 1.54) is 0 Å². The summed E-state index contributed by atoms with van der Waals surface area (Å²) in [4.78, 5) is 39.8. The second kappa shape index (κ2) is 8.01. The van der Waals surface area contributed by atoms with Gasteiger partial charge in [0.05, 0.1) is 11.7 Å². The molecule has 30 heavy (non-hydrogen) atoms. The van der Waals surface area contributed by atoms with Crippen molar-refractivity contribution in [2.75, 3.05) is 37.7 Å². The highest BCUT2D eigenvalue weighted by atomic mass is 16.2. The summed E-state index contributed by atoms with van der Waals surface area (Å²) in [5.74, 6) is -0.266. The highest BCUT2D eigenvalue weighted by Crippen LogP contribution is 2.30. The molecule has 7 heteroatoms. The minimum absolute atomic E-state index is 0.0331. The number of benzene rings is 2. The maximum atomic E-state index is 13.0. The van der Waals surface area contributed by atoms with E-state index in [0.29, 0.717) is 55.0 Å². The Labute approximate surface area is 176 Å². The number of rotatable bonds is 4. The van der Waals surface area contributed by atoms with Crippen LogP contribution in [0.3, 0.4) is 0 Å². The predicted molar refractivity (Wildman–Crippen MR) is 115 cm³/mol. The molecule has 7 nitrogen and oxygen atoms in total. The number of hydrazine groups is 1. The van der Waals surface area contributed by atoms with Crippen LogP contribution in [0.4, 0.5) is 5.69 Å². The fourth-order valence-electron chi connectivity index (χ4n) is 4.24. The van der Waals surface area contributed by atoms with Gasteiger partial charge >= 0.3 is 0 Å².